The van der Waals surface area contributed by atoms with E-state index in [-0.39, 0.29) is 17.1 Å². The summed E-state index contributed by atoms with van der Waals surface area (Å²) in [6.07, 6.45) is -4.12. The highest BCUT2D eigenvalue weighted by molar-refractivity contribution is 7.15. The maximum absolute atomic E-state index is 14.0. The van der Waals surface area contributed by atoms with Crippen molar-refractivity contribution in [1.82, 2.24) is 4.98 Å². The van der Waals surface area contributed by atoms with Crippen LogP contribution in [-0.4, -0.2) is 4.98 Å². The molecule has 1 aromatic heterocycles. The molecule has 0 unspecified atom stereocenters. The van der Waals surface area contributed by atoms with E-state index in [1.165, 1.54) is 12.1 Å². The highest BCUT2D eigenvalue weighted by atomic mass is 32.1. The fourth-order valence-corrected chi connectivity index (χ4v) is 2.90. The van der Waals surface area contributed by atoms with Crippen molar-refractivity contribution in [2.24, 2.45) is 5.73 Å². The maximum atomic E-state index is 14.0. The first kappa shape index (κ1) is 14.9. The van der Waals surface area contributed by atoms with E-state index in [2.05, 4.69) is 4.98 Å². The summed E-state index contributed by atoms with van der Waals surface area (Å²) in [5.74, 6) is -1.29. The molecule has 0 atom stereocenters. The van der Waals surface area contributed by atoms with Crippen molar-refractivity contribution in [2.45, 2.75) is 26.1 Å². The number of aromatic nitrogens is 1. The number of hydrogen-bond donors (Lipinski definition) is 1. The Morgan fingerprint density at radius 1 is 1.30 bits per heavy atom. The molecule has 0 amide bonds. The van der Waals surface area contributed by atoms with Gasteiger partial charge in [-0.2, -0.15) is 13.2 Å². The van der Waals surface area contributed by atoms with Crippen LogP contribution in [0.4, 0.5) is 17.6 Å². The molecule has 0 bridgehead atoms. The number of nitrogens with two attached hydrogens (primary N) is 1. The monoisotopic (exact) mass is 304 g/mol. The minimum Gasteiger partial charge on any atom is -0.326 e. The third kappa shape index (κ3) is 2.69. The second kappa shape index (κ2) is 5.49. The van der Waals surface area contributed by atoms with Crippen molar-refractivity contribution in [1.29, 1.82) is 0 Å². The molecule has 0 saturated heterocycles. The normalized spacial score (nSPS) is 11.9. The zero-order chi connectivity index (χ0) is 14.9. The van der Waals surface area contributed by atoms with Gasteiger partial charge in [0.25, 0.3) is 0 Å². The largest absolute Gasteiger partial charge is 0.419 e. The van der Waals surface area contributed by atoms with E-state index >= 15 is 0 Å². The molecule has 7 heteroatoms. The number of halogens is 4. The molecule has 0 saturated carbocycles. The van der Waals surface area contributed by atoms with Crippen molar-refractivity contribution >= 4 is 11.3 Å². The molecular formula is C13H12F4N2S. The average Bonchev–Trinajstić information content (AvgIpc) is 2.80. The van der Waals surface area contributed by atoms with E-state index in [4.69, 9.17) is 5.73 Å². The van der Waals surface area contributed by atoms with Crippen LogP contribution in [0.2, 0.25) is 0 Å². The SMILES string of the molecule is CCc1nc(-c2cccc(C(F)(F)F)c2F)sc1CN. The van der Waals surface area contributed by atoms with Crippen molar-refractivity contribution < 1.29 is 17.6 Å². The molecule has 20 heavy (non-hydrogen) atoms. The molecule has 2 rings (SSSR count). The van der Waals surface area contributed by atoms with Gasteiger partial charge in [0.2, 0.25) is 0 Å². The van der Waals surface area contributed by atoms with Crippen LogP contribution in [0.15, 0.2) is 18.2 Å². The minimum absolute atomic E-state index is 0.140. The van der Waals surface area contributed by atoms with Crippen molar-refractivity contribution in [3.05, 3.63) is 40.2 Å². The molecule has 0 aliphatic heterocycles. The number of nitrogens with zero attached hydrogens (tertiary/aromatic N) is 1. The second-order valence-electron chi connectivity index (χ2n) is 4.11. The number of alkyl halides is 3. The predicted molar refractivity (Wildman–Crippen MR) is 69.8 cm³/mol. The van der Waals surface area contributed by atoms with Gasteiger partial charge in [-0.15, -0.1) is 11.3 Å². The molecule has 0 aliphatic carbocycles. The van der Waals surface area contributed by atoms with E-state index in [9.17, 15) is 17.6 Å². The number of rotatable bonds is 3. The lowest BCUT2D eigenvalue weighted by Crippen LogP contribution is -2.08. The predicted octanol–water partition coefficient (Wildman–Crippen LogP) is 3.99. The average molecular weight is 304 g/mol. The molecule has 108 valence electrons. The number of thiazole rings is 1. The van der Waals surface area contributed by atoms with Crippen LogP contribution in [0.5, 0.6) is 0 Å². The molecule has 0 spiro atoms. The Hall–Kier alpha value is -1.47. The van der Waals surface area contributed by atoms with E-state index < -0.39 is 17.6 Å². The van der Waals surface area contributed by atoms with Crippen LogP contribution in [-0.2, 0) is 19.1 Å². The van der Waals surface area contributed by atoms with Gasteiger partial charge in [-0.1, -0.05) is 13.0 Å². The first-order valence-corrected chi connectivity index (χ1v) is 6.74. The maximum Gasteiger partial charge on any atom is 0.419 e. The first-order valence-electron chi connectivity index (χ1n) is 5.93. The number of hydrogen-bond acceptors (Lipinski definition) is 3. The summed E-state index contributed by atoms with van der Waals surface area (Å²) < 4.78 is 52.1. The third-order valence-electron chi connectivity index (χ3n) is 2.83. The molecule has 0 radical (unpaired) electrons. The van der Waals surface area contributed by atoms with E-state index in [1.54, 1.807) is 0 Å². The minimum atomic E-state index is -4.72. The fourth-order valence-electron chi connectivity index (χ4n) is 1.85. The second-order valence-corrected chi connectivity index (χ2v) is 5.20. The van der Waals surface area contributed by atoms with Gasteiger partial charge in [0.1, 0.15) is 10.8 Å². The molecule has 2 N–H and O–H groups in total. The molecule has 2 nitrogen and oxygen atoms in total. The smallest absolute Gasteiger partial charge is 0.326 e. The fraction of sp³-hybridized carbons (Fsp3) is 0.308. The topological polar surface area (TPSA) is 38.9 Å². The van der Waals surface area contributed by atoms with Crippen LogP contribution in [0, 0.1) is 5.82 Å². The van der Waals surface area contributed by atoms with Gasteiger partial charge >= 0.3 is 6.18 Å². The summed E-state index contributed by atoms with van der Waals surface area (Å²) >= 11 is 1.13. The van der Waals surface area contributed by atoms with Crippen LogP contribution in [0.1, 0.15) is 23.1 Å². The lowest BCUT2D eigenvalue weighted by Gasteiger charge is -2.09. The van der Waals surface area contributed by atoms with Crippen molar-refractivity contribution in [3.63, 3.8) is 0 Å². The molecule has 1 heterocycles. The van der Waals surface area contributed by atoms with Gasteiger partial charge < -0.3 is 5.73 Å². The Labute approximate surface area is 117 Å². The zero-order valence-electron chi connectivity index (χ0n) is 10.6. The van der Waals surface area contributed by atoms with Crippen molar-refractivity contribution in [3.8, 4) is 10.6 Å². The van der Waals surface area contributed by atoms with Gasteiger partial charge in [-0.05, 0) is 18.6 Å². The van der Waals surface area contributed by atoms with Gasteiger partial charge in [0, 0.05) is 17.0 Å². The third-order valence-corrected chi connectivity index (χ3v) is 3.99. The summed E-state index contributed by atoms with van der Waals surface area (Å²) in [6, 6.07) is 3.19. The Balaban J connectivity index is 2.56. The Kier molecular flexibility index (Phi) is 4.10. The van der Waals surface area contributed by atoms with Crippen molar-refractivity contribution in [2.75, 3.05) is 0 Å². The Morgan fingerprint density at radius 2 is 2.00 bits per heavy atom. The lowest BCUT2D eigenvalue weighted by molar-refractivity contribution is -0.139. The quantitative estimate of drug-likeness (QED) is 0.871. The standard InChI is InChI=1S/C13H12F4N2S/c1-2-9-10(6-18)20-12(19-9)7-4-3-5-8(11(7)14)13(15,16)17/h3-5H,2,6,18H2,1H3. The lowest BCUT2D eigenvalue weighted by atomic mass is 10.1. The first-order chi connectivity index (χ1) is 9.38. The summed E-state index contributed by atoms with van der Waals surface area (Å²) in [7, 11) is 0. The van der Waals surface area contributed by atoms with E-state index in [0.29, 0.717) is 12.1 Å². The van der Waals surface area contributed by atoms with Gasteiger partial charge in [0.15, 0.2) is 0 Å². The summed E-state index contributed by atoms with van der Waals surface area (Å²) in [6.45, 7) is 2.10. The summed E-state index contributed by atoms with van der Waals surface area (Å²) in [5.41, 5.74) is 4.83. The highest BCUT2D eigenvalue weighted by Gasteiger charge is 2.35. The highest BCUT2D eigenvalue weighted by Crippen LogP contribution is 2.37. The Morgan fingerprint density at radius 3 is 2.50 bits per heavy atom. The summed E-state index contributed by atoms with van der Waals surface area (Å²) in [5, 5.41) is 0.228. The molecule has 0 aliphatic rings. The van der Waals surface area contributed by atoms with Gasteiger partial charge in [-0.25, -0.2) is 9.37 Å². The Bertz CT molecular complexity index is 598. The molecule has 1 aromatic carbocycles. The number of benzene rings is 1. The van der Waals surface area contributed by atoms with Crippen LogP contribution >= 0.6 is 11.3 Å². The molecular weight excluding hydrogens is 292 g/mol. The van der Waals surface area contributed by atoms with Crippen LogP contribution in [0.25, 0.3) is 10.6 Å². The molecule has 0 fully saturated rings. The zero-order valence-corrected chi connectivity index (χ0v) is 11.4. The van der Waals surface area contributed by atoms with E-state index in [0.717, 1.165) is 22.3 Å². The van der Waals surface area contributed by atoms with E-state index in [1.807, 2.05) is 6.92 Å². The van der Waals surface area contributed by atoms with Gasteiger partial charge in [0.05, 0.1) is 11.3 Å². The van der Waals surface area contributed by atoms with Crippen LogP contribution in [0.3, 0.4) is 0 Å². The number of aryl methyl sites for hydroxylation is 1. The molecule has 2 aromatic rings. The van der Waals surface area contributed by atoms with Gasteiger partial charge in [-0.3, -0.25) is 0 Å². The van der Waals surface area contributed by atoms with Crippen LogP contribution < -0.4 is 5.73 Å². The summed E-state index contributed by atoms with van der Waals surface area (Å²) in [4.78, 5) is 4.95.